The summed E-state index contributed by atoms with van der Waals surface area (Å²) in [6.07, 6.45) is 2.38. The van der Waals surface area contributed by atoms with Crippen molar-refractivity contribution < 1.29 is 27.1 Å². The van der Waals surface area contributed by atoms with Gasteiger partial charge in [0.25, 0.3) is 0 Å². The Bertz CT molecular complexity index is 1850. The first-order valence-corrected chi connectivity index (χ1v) is 17.9. The van der Waals surface area contributed by atoms with E-state index in [-0.39, 0.29) is 43.8 Å². The molecule has 3 N–H and O–H groups in total. The smallest absolute Gasteiger partial charge is 0.413 e. The summed E-state index contributed by atoms with van der Waals surface area (Å²) in [5, 5.41) is 13.4. The lowest BCUT2D eigenvalue weighted by Crippen LogP contribution is -2.36. The number of hydrogen-bond donors (Lipinski definition) is 3. The van der Waals surface area contributed by atoms with Crippen molar-refractivity contribution in [2.24, 2.45) is 0 Å². The number of hydrogen-bond acceptors (Lipinski definition) is 9. The minimum absolute atomic E-state index is 0.0163. The Morgan fingerprint density at radius 2 is 1.93 bits per heavy atom. The van der Waals surface area contributed by atoms with Crippen molar-refractivity contribution in [1.82, 2.24) is 14.9 Å². The number of carbonyl (C=O) groups is 2. The van der Waals surface area contributed by atoms with Crippen molar-refractivity contribution in [3.63, 3.8) is 0 Å². The van der Waals surface area contributed by atoms with E-state index in [2.05, 4.69) is 47.5 Å². The molecule has 0 unspecified atom stereocenters. The number of amidine groups is 1. The van der Waals surface area contributed by atoms with E-state index in [0.717, 1.165) is 11.3 Å². The van der Waals surface area contributed by atoms with Crippen LogP contribution in [0.4, 0.5) is 14.9 Å². The third-order valence-corrected chi connectivity index (χ3v) is 11.2. The molecule has 0 aliphatic heterocycles. The Balaban J connectivity index is 1.69. The monoisotopic (exact) mass is 773 g/mol. The molecule has 2 heterocycles. The summed E-state index contributed by atoms with van der Waals surface area (Å²) >= 11 is 8.76. The summed E-state index contributed by atoms with van der Waals surface area (Å²) in [6, 6.07) is 8.46. The number of halogens is 3. The van der Waals surface area contributed by atoms with E-state index >= 15 is 0 Å². The van der Waals surface area contributed by atoms with Gasteiger partial charge in [-0.1, -0.05) is 15.9 Å². The minimum atomic E-state index is -4.11. The summed E-state index contributed by atoms with van der Waals surface area (Å²) in [5.74, 6) is -1.08. The average molecular weight is 776 g/mol. The molecule has 2 aromatic heterocycles. The van der Waals surface area contributed by atoms with Crippen molar-refractivity contribution in [3.05, 3.63) is 63.5 Å². The first kappa shape index (κ1) is 33.1. The standard InChI is InChI=1S/C27H26Br2FN5O5S3/c1-27(2,3)40-26(37)34-24(31)20-10-21(25(41-4)42-20)43(38,39)16-8-17(29)23-19(9-16)35(13-32-23)12-14-7-15(5-6-18(14)30)33-22(36)11-28/h5-10,13H,11-12H2,1-4H3,(H,33,36)(H2,31,34,37). The molecule has 10 nitrogen and oxygen atoms in total. The molecule has 0 aliphatic rings. The fourth-order valence-corrected chi connectivity index (χ4v) is 8.72. The summed E-state index contributed by atoms with van der Waals surface area (Å²) in [6.45, 7) is 5.09. The molecule has 2 amide bonds. The number of alkyl halides is 1. The predicted octanol–water partition coefficient (Wildman–Crippen LogP) is 6.79. The Labute approximate surface area is 272 Å². The highest BCUT2D eigenvalue weighted by Gasteiger charge is 2.28. The second-order valence-electron chi connectivity index (χ2n) is 10.1. The van der Waals surface area contributed by atoms with Crippen molar-refractivity contribution in [2.45, 2.75) is 46.9 Å². The molecular formula is C27H26Br2FN5O5S3. The summed E-state index contributed by atoms with van der Waals surface area (Å²) < 4.78 is 50.3. The van der Waals surface area contributed by atoms with E-state index in [1.165, 1.54) is 54.5 Å². The second kappa shape index (κ2) is 13.1. The maximum absolute atomic E-state index is 14.7. The van der Waals surface area contributed by atoms with Crippen molar-refractivity contribution >= 4 is 99.4 Å². The van der Waals surface area contributed by atoms with Gasteiger partial charge in [-0.05, 0) is 79.4 Å². The van der Waals surface area contributed by atoms with E-state index in [1.54, 1.807) is 31.6 Å². The van der Waals surface area contributed by atoms with E-state index in [9.17, 15) is 22.4 Å². The number of thiophene rings is 1. The molecule has 0 bridgehead atoms. The molecule has 228 valence electrons. The van der Waals surface area contributed by atoms with E-state index in [1.807, 2.05) is 0 Å². The minimum Gasteiger partial charge on any atom is -0.444 e. The largest absolute Gasteiger partial charge is 0.444 e. The molecule has 0 spiro atoms. The zero-order chi connectivity index (χ0) is 31.7. The van der Waals surface area contributed by atoms with Crippen molar-refractivity contribution in [2.75, 3.05) is 16.9 Å². The normalized spacial score (nSPS) is 11.9. The Morgan fingerprint density at radius 1 is 1.21 bits per heavy atom. The number of sulfone groups is 1. The fraction of sp³-hybridized carbons (Fsp3) is 0.259. The van der Waals surface area contributed by atoms with Crippen LogP contribution in [0.25, 0.3) is 11.0 Å². The molecule has 16 heteroatoms. The maximum Gasteiger partial charge on any atom is 0.413 e. The van der Waals surface area contributed by atoms with Gasteiger partial charge in [-0.3, -0.25) is 15.5 Å². The Hall–Kier alpha value is -2.79. The summed E-state index contributed by atoms with van der Waals surface area (Å²) in [7, 11) is -4.11. The first-order valence-electron chi connectivity index (χ1n) is 12.4. The first-order chi connectivity index (χ1) is 20.1. The van der Waals surface area contributed by atoms with Crippen LogP contribution in [-0.4, -0.2) is 53.0 Å². The van der Waals surface area contributed by atoms with Gasteiger partial charge in [-0.25, -0.2) is 22.6 Å². The van der Waals surface area contributed by atoms with Crippen molar-refractivity contribution in [1.29, 1.82) is 5.41 Å². The van der Waals surface area contributed by atoms with Crippen LogP contribution >= 0.6 is 55.0 Å². The topological polar surface area (TPSA) is 143 Å². The number of aromatic nitrogens is 2. The molecule has 4 rings (SSSR count). The van der Waals surface area contributed by atoms with Crippen LogP contribution < -0.4 is 10.6 Å². The molecule has 2 aromatic carbocycles. The molecular weight excluding hydrogens is 749 g/mol. The summed E-state index contributed by atoms with van der Waals surface area (Å²) in [4.78, 5) is 28.5. The van der Waals surface area contributed by atoms with Gasteiger partial charge in [0.2, 0.25) is 15.7 Å². The second-order valence-corrected chi connectivity index (χ2v) is 15.6. The number of alkyl carbamates (subject to hydrolysis) is 1. The van der Waals surface area contributed by atoms with Gasteiger partial charge in [-0.2, -0.15) is 0 Å². The molecule has 4 aromatic rings. The zero-order valence-electron chi connectivity index (χ0n) is 23.2. The fourth-order valence-electron chi connectivity index (χ4n) is 3.93. The Kier molecular flexibility index (Phi) is 10.1. The lowest BCUT2D eigenvalue weighted by Gasteiger charge is -2.19. The van der Waals surface area contributed by atoms with Crippen LogP contribution in [0.1, 0.15) is 31.2 Å². The summed E-state index contributed by atoms with van der Waals surface area (Å²) in [5.41, 5.74) is 0.818. The molecule has 0 fully saturated rings. The number of fused-ring (bicyclic) bond motifs is 1. The van der Waals surface area contributed by atoms with Gasteiger partial charge >= 0.3 is 6.09 Å². The lowest BCUT2D eigenvalue weighted by molar-refractivity contribution is -0.113. The number of anilines is 1. The molecule has 0 saturated heterocycles. The number of nitrogens with zero attached hydrogens (tertiary/aromatic N) is 2. The van der Waals surface area contributed by atoms with Crippen molar-refractivity contribution in [3.8, 4) is 0 Å². The molecule has 0 aliphatic carbocycles. The van der Waals surface area contributed by atoms with Crippen LogP contribution in [0, 0.1) is 11.2 Å². The maximum atomic E-state index is 14.7. The number of rotatable bonds is 8. The quantitative estimate of drug-likeness (QED) is 0.0775. The van der Waals surface area contributed by atoms with Crippen LogP contribution in [-0.2, 0) is 25.9 Å². The van der Waals surface area contributed by atoms with Gasteiger partial charge in [0.15, 0.2) is 0 Å². The van der Waals surface area contributed by atoms with E-state index in [0.29, 0.717) is 25.4 Å². The van der Waals surface area contributed by atoms with Gasteiger partial charge in [-0.15, -0.1) is 23.1 Å². The molecule has 0 radical (unpaired) electrons. The van der Waals surface area contributed by atoms with Crippen LogP contribution in [0.2, 0.25) is 0 Å². The highest BCUT2D eigenvalue weighted by atomic mass is 79.9. The number of imidazole rings is 1. The number of amides is 2. The average Bonchev–Trinajstić information content (AvgIpc) is 3.55. The lowest BCUT2D eigenvalue weighted by atomic mass is 10.1. The molecule has 43 heavy (non-hydrogen) atoms. The zero-order valence-corrected chi connectivity index (χ0v) is 28.9. The van der Waals surface area contributed by atoms with Gasteiger partial charge in [0.05, 0.1) is 42.6 Å². The molecule has 0 atom stereocenters. The van der Waals surface area contributed by atoms with Crippen LogP contribution in [0.15, 0.2) is 61.2 Å². The SMILES string of the molecule is CSc1sc(C(=N)NC(=O)OC(C)(C)C)cc1S(=O)(=O)c1cc(Br)c2ncn(Cc3cc(NC(=O)CBr)ccc3F)c2c1. The third-order valence-electron chi connectivity index (χ3n) is 5.77. The highest BCUT2D eigenvalue weighted by molar-refractivity contribution is 9.10. The number of benzene rings is 2. The predicted molar refractivity (Wildman–Crippen MR) is 173 cm³/mol. The third kappa shape index (κ3) is 7.66. The van der Waals surface area contributed by atoms with Gasteiger partial charge < -0.3 is 14.6 Å². The van der Waals surface area contributed by atoms with Gasteiger partial charge in [0.1, 0.15) is 22.8 Å². The Morgan fingerprint density at radius 3 is 2.58 bits per heavy atom. The van der Waals surface area contributed by atoms with E-state index in [4.69, 9.17) is 10.1 Å². The number of thioether (sulfide) groups is 1. The number of ether oxygens (including phenoxy) is 1. The number of nitrogens with one attached hydrogen (secondary N) is 3. The van der Waals surface area contributed by atoms with E-state index < -0.39 is 27.3 Å². The highest BCUT2D eigenvalue weighted by Crippen LogP contribution is 2.39. The molecule has 0 saturated carbocycles. The van der Waals surface area contributed by atoms with Crippen LogP contribution in [0.3, 0.4) is 0 Å². The van der Waals surface area contributed by atoms with Gasteiger partial charge in [0, 0.05) is 15.7 Å². The van der Waals surface area contributed by atoms with Crippen LogP contribution in [0.5, 0.6) is 0 Å². The number of carbonyl (C=O) groups excluding carboxylic acids is 2.